The minimum Gasteiger partial charge on any atom is -0.207 e. The summed E-state index contributed by atoms with van der Waals surface area (Å²) in [4.78, 5) is 0. The topological polar surface area (TPSA) is 46.2 Å². The molecule has 2 atom stereocenters. The lowest BCUT2D eigenvalue weighted by Crippen LogP contribution is -2.42. The molecule has 0 unspecified atom stereocenters. The molecule has 102 valence electrons. The molecule has 1 N–H and O–H groups in total. The Hall–Kier alpha value is -0.390. The standard InChI is InChI=1S/C13H21NO2S2/c1-10-7-11(9-13(2,3)8-10)14-18(15,16)12-5-4-6-17-12/h4-6,10-11,14H,7-9H2,1-3H3/t10-,11+/m1/s1. The molecule has 1 fully saturated rings. The van der Waals surface area contributed by atoms with Gasteiger partial charge >= 0.3 is 0 Å². The Kier molecular flexibility index (Phi) is 3.85. The van der Waals surface area contributed by atoms with Crippen LogP contribution in [-0.2, 0) is 10.0 Å². The van der Waals surface area contributed by atoms with Gasteiger partial charge in [-0.2, -0.15) is 0 Å². The van der Waals surface area contributed by atoms with Crippen molar-refractivity contribution in [3.05, 3.63) is 17.5 Å². The summed E-state index contributed by atoms with van der Waals surface area (Å²) >= 11 is 1.27. The number of thiophene rings is 1. The molecule has 0 radical (unpaired) electrons. The summed E-state index contributed by atoms with van der Waals surface area (Å²) in [5, 5.41) is 1.79. The number of nitrogens with one attached hydrogen (secondary N) is 1. The third-order valence-electron chi connectivity index (χ3n) is 3.47. The Morgan fingerprint density at radius 3 is 2.67 bits per heavy atom. The van der Waals surface area contributed by atoms with E-state index in [4.69, 9.17) is 0 Å². The van der Waals surface area contributed by atoms with Crippen molar-refractivity contribution in [1.82, 2.24) is 4.72 Å². The van der Waals surface area contributed by atoms with Crippen LogP contribution in [0.1, 0.15) is 40.0 Å². The Labute approximate surface area is 114 Å². The third kappa shape index (κ3) is 3.33. The summed E-state index contributed by atoms with van der Waals surface area (Å²) in [6.45, 7) is 6.64. The highest BCUT2D eigenvalue weighted by molar-refractivity contribution is 7.91. The van der Waals surface area contributed by atoms with Gasteiger partial charge in [0, 0.05) is 6.04 Å². The van der Waals surface area contributed by atoms with Crippen molar-refractivity contribution >= 4 is 21.4 Å². The molecule has 18 heavy (non-hydrogen) atoms. The number of sulfonamides is 1. The smallest absolute Gasteiger partial charge is 0.207 e. The summed E-state index contributed by atoms with van der Waals surface area (Å²) in [7, 11) is -3.32. The summed E-state index contributed by atoms with van der Waals surface area (Å²) in [5.41, 5.74) is 0.223. The van der Waals surface area contributed by atoms with Crippen molar-refractivity contribution in [3.8, 4) is 0 Å². The van der Waals surface area contributed by atoms with Crippen LogP contribution in [-0.4, -0.2) is 14.5 Å². The maximum atomic E-state index is 12.2. The SMILES string of the molecule is C[C@@H]1C[C@H](NS(=O)(=O)c2cccs2)CC(C)(C)C1. The number of hydrogen-bond acceptors (Lipinski definition) is 3. The zero-order chi connectivity index (χ0) is 13.4. The molecule has 0 saturated heterocycles. The van der Waals surface area contributed by atoms with Crippen molar-refractivity contribution in [2.45, 2.75) is 50.3 Å². The average molecular weight is 287 g/mol. The first-order chi connectivity index (χ1) is 8.28. The van der Waals surface area contributed by atoms with E-state index in [1.165, 1.54) is 17.8 Å². The predicted octanol–water partition coefficient (Wildman–Crippen LogP) is 3.24. The van der Waals surface area contributed by atoms with Gasteiger partial charge < -0.3 is 0 Å². The second-order valence-corrected chi connectivity index (χ2v) is 9.05. The van der Waals surface area contributed by atoms with Gasteiger partial charge in [-0.3, -0.25) is 0 Å². The fraction of sp³-hybridized carbons (Fsp3) is 0.692. The van der Waals surface area contributed by atoms with E-state index in [0.29, 0.717) is 10.1 Å². The first-order valence-corrected chi connectivity index (χ1v) is 8.71. The van der Waals surface area contributed by atoms with Crippen molar-refractivity contribution in [2.24, 2.45) is 11.3 Å². The maximum Gasteiger partial charge on any atom is 0.250 e. The van der Waals surface area contributed by atoms with Gasteiger partial charge in [0.05, 0.1) is 0 Å². The van der Waals surface area contributed by atoms with Crippen molar-refractivity contribution in [2.75, 3.05) is 0 Å². The second-order valence-electron chi connectivity index (χ2n) is 6.16. The zero-order valence-electron chi connectivity index (χ0n) is 11.1. The van der Waals surface area contributed by atoms with Crippen LogP contribution in [0.15, 0.2) is 21.7 Å². The van der Waals surface area contributed by atoms with Crippen LogP contribution in [0.3, 0.4) is 0 Å². The molecule has 1 aliphatic carbocycles. The molecule has 1 saturated carbocycles. The molecule has 1 aromatic heterocycles. The number of rotatable bonds is 3. The van der Waals surface area contributed by atoms with Gasteiger partial charge in [0.2, 0.25) is 10.0 Å². The van der Waals surface area contributed by atoms with E-state index in [1.54, 1.807) is 17.5 Å². The lowest BCUT2D eigenvalue weighted by molar-refractivity contribution is 0.163. The highest BCUT2D eigenvalue weighted by Crippen LogP contribution is 2.38. The minimum absolute atomic E-state index is 0.0656. The van der Waals surface area contributed by atoms with E-state index in [1.807, 2.05) is 0 Å². The predicted molar refractivity (Wildman–Crippen MR) is 75.2 cm³/mol. The van der Waals surface area contributed by atoms with Gasteiger partial charge in [-0.15, -0.1) is 11.3 Å². The van der Waals surface area contributed by atoms with Gasteiger partial charge in [-0.05, 0) is 42.0 Å². The first-order valence-electron chi connectivity index (χ1n) is 6.34. The fourth-order valence-electron chi connectivity index (χ4n) is 3.13. The van der Waals surface area contributed by atoms with Crippen LogP contribution >= 0.6 is 11.3 Å². The van der Waals surface area contributed by atoms with Gasteiger partial charge in [-0.1, -0.05) is 26.8 Å². The molecular formula is C13H21NO2S2. The fourth-order valence-corrected chi connectivity index (χ4v) is 5.39. The summed E-state index contributed by atoms with van der Waals surface area (Å²) in [5.74, 6) is 0.574. The highest BCUT2D eigenvalue weighted by atomic mass is 32.2. The molecule has 1 aromatic rings. The van der Waals surface area contributed by atoms with E-state index >= 15 is 0 Å². The second kappa shape index (κ2) is 4.94. The van der Waals surface area contributed by atoms with Crippen LogP contribution in [0.4, 0.5) is 0 Å². The zero-order valence-corrected chi connectivity index (χ0v) is 12.8. The molecule has 2 rings (SSSR count). The first kappa shape index (κ1) is 14.0. The molecule has 0 amide bonds. The molecule has 0 bridgehead atoms. The lowest BCUT2D eigenvalue weighted by Gasteiger charge is -2.39. The average Bonchev–Trinajstić information content (AvgIpc) is 2.65. The number of hydrogen-bond donors (Lipinski definition) is 1. The molecule has 0 spiro atoms. The van der Waals surface area contributed by atoms with Crippen LogP contribution in [0, 0.1) is 11.3 Å². The maximum absolute atomic E-state index is 12.2. The molecule has 0 aliphatic heterocycles. The van der Waals surface area contributed by atoms with Gasteiger partial charge in [0.1, 0.15) is 4.21 Å². The van der Waals surface area contributed by atoms with E-state index < -0.39 is 10.0 Å². The third-order valence-corrected chi connectivity index (χ3v) is 6.39. The van der Waals surface area contributed by atoms with Crippen molar-refractivity contribution in [3.63, 3.8) is 0 Å². The van der Waals surface area contributed by atoms with Gasteiger partial charge in [-0.25, -0.2) is 13.1 Å². The molecule has 0 aromatic carbocycles. The molecule has 3 nitrogen and oxygen atoms in total. The van der Waals surface area contributed by atoms with Crippen LogP contribution in [0.2, 0.25) is 0 Å². The van der Waals surface area contributed by atoms with Crippen LogP contribution < -0.4 is 4.72 Å². The Morgan fingerprint density at radius 2 is 2.11 bits per heavy atom. The normalized spacial score (nSPS) is 28.2. The van der Waals surface area contributed by atoms with E-state index in [2.05, 4.69) is 25.5 Å². The van der Waals surface area contributed by atoms with Crippen LogP contribution in [0.25, 0.3) is 0 Å². The lowest BCUT2D eigenvalue weighted by atomic mass is 9.71. The van der Waals surface area contributed by atoms with Gasteiger partial charge in [0.25, 0.3) is 0 Å². The van der Waals surface area contributed by atoms with Crippen molar-refractivity contribution < 1.29 is 8.42 Å². The van der Waals surface area contributed by atoms with Crippen LogP contribution in [0.5, 0.6) is 0 Å². The largest absolute Gasteiger partial charge is 0.250 e. The highest BCUT2D eigenvalue weighted by Gasteiger charge is 2.34. The molecule has 1 aliphatic rings. The summed E-state index contributed by atoms with van der Waals surface area (Å²) in [6, 6.07) is 3.49. The Balaban J connectivity index is 2.10. The monoisotopic (exact) mass is 287 g/mol. The van der Waals surface area contributed by atoms with E-state index in [-0.39, 0.29) is 11.5 Å². The van der Waals surface area contributed by atoms with E-state index in [0.717, 1.165) is 12.8 Å². The summed E-state index contributed by atoms with van der Waals surface area (Å²) in [6.07, 6.45) is 3.03. The van der Waals surface area contributed by atoms with Gasteiger partial charge in [0.15, 0.2) is 0 Å². The molecule has 1 heterocycles. The molecule has 5 heteroatoms. The van der Waals surface area contributed by atoms with Crippen molar-refractivity contribution in [1.29, 1.82) is 0 Å². The quantitative estimate of drug-likeness (QED) is 0.927. The Morgan fingerprint density at radius 1 is 1.39 bits per heavy atom. The summed E-state index contributed by atoms with van der Waals surface area (Å²) < 4.78 is 27.6. The van der Waals surface area contributed by atoms with E-state index in [9.17, 15) is 8.42 Å². The Bertz CT molecular complexity index is 491. The minimum atomic E-state index is -3.32. The molecular weight excluding hydrogens is 266 g/mol.